The largest absolute Gasteiger partial charge is 2.00 e. The Morgan fingerprint density at radius 3 is 1.56 bits per heavy atom. The molecule has 4 heterocycles. The van der Waals surface area contributed by atoms with Crippen LogP contribution in [0.25, 0.3) is 88.4 Å². The topological polar surface area (TPSA) is 43.8 Å². The summed E-state index contributed by atoms with van der Waals surface area (Å²) >= 11 is 0. The number of pyridine rings is 2. The van der Waals surface area contributed by atoms with Crippen LogP contribution >= 0.6 is 0 Å². The van der Waals surface area contributed by atoms with Gasteiger partial charge in [-0.15, -0.1) is 12.1 Å². The molecule has 7 aromatic carbocycles. The predicted octanol–water partition coefficient (Wildman–Crippen LogP) is 12.0. The van der Waals surface area contributed by atoms with Gasteiger partial charge in [-0.3, -0.25) is 9.97 Å². The second-order valence-corrected chi connectivity index (χ2v) is 13.2. The first-order chi connectivity index (χ1) is 26.3. The number of hydrogen-bond donors (Lipinski definition) is 0. The van der Waals surface area contributed by atoms with Crippen molar-refractivity contribution < 1.29 is 25.8 Å². The Balaban J connectivity index is 0.00000361. The van der Waals surface area contributed by atoms with E-state index in [2.05, 4.69) is 154 Å². The maximum Gasteiger partial charge on any atom is 2.00 e. The van der Waals surface area contributed by atoms with Gasteiger partial charge in [0.15, 0.2) is 0 Å². The molecule has 0 amide bonds. The molecule has 11 rings (SSSR count). The van der Waals surface area contributed by atoms with E-state index in [4.69, 9.17) is 14.7 Å². The van der Waals surface area contributed by atoms with Crippen molar-refractivity contribution in [1.29, 1.82) is 0 Å². The summed E-state index contributed by atoms with van der Waals surface area (Å²) in [7, 11) is 0. The summed E-state index contributed by atoms with van der Waals surface area (Å²) < 4.78 is 11.1. The maximum atomic E-state index is 6.63. The van der Waals surface area contributed by atoms with E-state index in [-0.39, 0.29) is 21.1 Å². The van der Waals surface area contributed by atoms with E-state index in [9.17, 15) is 0 Å². The minimum Gasteiger partial charge on any atom is -0.497 e. The normalized spacial score (nSPS) is 11.6. The number of hydrogen-bond acceptors (Lipinski definition) is 3. The standard InChI is InChI=1S/C48H28N4O.Pt/c1-4-14-31(15-5-1)44-30-49-47-40-28-34(24-26-36(40)38-20-10-12-22-42(38)51(44)47)53-35-25-27-37-39-21-11-13-23-43(39)52-46(33-18-8-3-9-19-33)45(32-16-6-2-7-17-32)50-48(52)41(37)29-35;/h1-27,30H;/q-2;+2. The molecule has 0 unspecified atom stereocenters. The molecule has 4 aromatic heterocycles. The average molecular weight is 872 g/mol. The first-order valence-corrected chi connectivity index (χ1v) is 17.7. The number of benzene rings is 7. The average Bonchev–Trinajstić information content (AvgIpc) is 3.86. The third kappa shape index (κ3) is 4.97. The Morgan fingerprint density at radius 1 is 0.444 bits per heavy atom. The number of aromatic nitrogens is 4. The number of fused-ring (bicyclic) bond motifs is 12. The Bertz CT molecular complexity index is 3190. The maximum absolute atomic E-state index is 6.63. The Kier molecular flexibility index (Phi) is 7.64. The second-order valence-electron chi connectivity index (χ2n) is 13.2. The van der Waals surface area contributed by atoms with E-state index in [1.165, 1.54) is 0 Å². The van der Waals surface area contributed by atoms with Crippen molar-refractivity contribution in [2.24, 2.45) is 0 Å². The molecule has 0 saturated heterocycles. The van der Waals surface area contributed by atoms with Crippen molar-refractivity contribution in [3.05, 3.63) is 182 Å². The van der Waals surface area contributed by atoms with Crippen LogP contribution < -0.4 is 4.74 Å². The first-order valence-electron chi connectivity index (χ1n) is 17.7. The molecule has 0 N–H and O–H groups in total. The Labute approximate surface area is 325 Å². The van der Waals surface area contributed by atoms with Gasteiger partial charge in [0.2, 0.25) is 0 Å². The van der Waals surface area contributed by atoms with Gasteiger partial charge in [0, 0.05) is 34.3 Å². The van der Waals surface area contributed by atoms with Crippen LogP contribution in [0.15, 0.2) is 170 Å². The molecule has 0 aliphatic heterocycles. The van der Waals surface area contributed by atoms with Crippen LogP contribution in [-0.2, 0) is 21.1 Å². The van der Waals surface area contributed by atoms with Crippen molar-refractivity contribution in [2.45, 2.75) is 0 Å². The smallest absolute Gasteiger partial charge is 0.497 e. The molecule has 0 bridgehead atoms. The van der Waals surface area contributed by atoms with Crippen LogP contribution in [0.4, 0.5) is 0 Å². The third-order valence-electron chi connectivity index (χ3n) is 10.2. The summed E-state index contributed by atoms with van der Waals surface area (Å²) in [6.45, 7) is 0. The molecular weight excluding hydrogens is 844 g/mol. The van der Waals surface area contributed by atoms with Gasteiger partial charge < -0.3 is 13.5 Å². The zero-order valence-electron chi connectivity index (χ0n) is 28.7. The van der Waals surface area contributed by atoms with Gasteiger partial charge >= 0.3 is 21.1 Å². The monoisotopic (exact) mass is 871 g/mol. The van der Waals surface area contributed by atoms with Crippen molar-refractivity contribution in [3.63, 3.8) is 0 Å². The van der Waals surface area contributed by atoms with E-state index >= 15 is 0 Å². The fraction of sp³-hybridized carbons (Fsp3) is 0. The molecule has 0 fully saturated rings. The fourth-order valence-electron chi connectivity index (χ4n) is 7.85. The van der Waals surface area contributed by atoms with Crippen LogP contribution in [0.1, 0.15) is 0 Å². The molecule has 6 heteroatoms. The zero-order valence-corrected chi connectivity index (χ0v) is 31.0. The number of para-hydroxylation sites is 2. The van der Waals surface area contributed by atoms with E-state index in [0.717, 1.165) is 88.4 Å². The quantitative estimate of drug-likeness (QED) is 0.128. The van der Waals surface area contributed by atoms with Crippen LogP contribution in [-0.4, -0.2) is 18.8 Å². The number of ether oxygens (including phenoxy) is 1. The number of nitrogens with zero attached hydrogens (tertiary/aromatic N) is 4. The molecule has 0 atom stereocenters. The minimum atomic E-state index is 0. The Hall–Kier alpha value is -6.55. The summed E-state index contributed by atoms with van der Waals surface area (Å²) in [6.07, 6.45) is 1.95. The van der Waals surface area contributed by atoms with Gasteiger partial charge in [0.05, 0.1) is 28.4 Å². The minimum absolute atomic E-state index is 0. The summed E-state index contributed by atoms with van der Waals surface area (Å²) in [5, 5.41) is 6.16. The number of rotatable bonds is 5. The number of imidazole rings is 2. The van der Waals surface area contributed by atoms with Crippen LogP contribution in [0.5, 0.6) is 11.5 Å². The second kappa shape index (κ2) is 12.8. The summed E-state index contributed by atoms with van der Waals surface area (Å²) in [4.78, 5) is 10.3. The predicted molar refractivity (Wildman–Crippen MR) is 214 cm³/mol. The third-order valence-corrected chi connectivity index (χ3v) is 10.2. The van der Waals surface area contributed by atoms with E-state index in [1.54, 1.807) is 0 Å². The molecule has 0 radical (unpaired) electrons. The fourth-order valence-corrected chi connectivity index (χ4v) is 7.85. The van der Waals surface area contributed by atoms with Gasteiger partial charge in [-0.25, -0.2) is 0 Å². The molecule has 0 aliphatic rings. The molecule has 256 valence electrons. The van der Waals surface area contributed by atoms with Crippen LogP contribution in [0, 0.1) is 12.1 Å². The Morgan fingerprint density at radius 2 is 0.944 bits per heavy atom. The van der Waals surface area contributed by atoms with Gasteiger partial charge in [-0.1, -0.05) is 173 Å². The molecule has 54 heavy (non-hydrogen) atoms. The van der Waals surface area contributed by atoms with Gasteiger partial charge in [0.1, 0.15) is 0 Å². The molecular formula is C48H28N4OPt. The molecule has 0 aliphatic carbocycles. The molecule has 0 saturated carbocycles. The van der Waals surface area contributed by atoms with Gasteiger partial charge in [-0.05, 0) is 34.0 Å². The summed E-state index contributed by atoms with van der Waals surface area (Å²) in [6, 6.07) is 63.7. The zero-order chi connectivity index (χ0) is 34.9. The van der Waals surface area contributed by atoms with Gasteiger partial charge in [0.25, 0.3) is 0 Å². The molecule has 11 aromatic rings. The van der Waals surface area contributed by atoms with Crippen LogP contribution in [0.2, 0.25) is 0 Å². The molecule has 0 spiro atoms. The van der Waals surface area contributed by atoms with Gasteiger partial charge in [-0.2, -0.15) is 0 Å². The van der Waals surface area contributed by atoms with Crippen molar-refractivity contribution >= 4 is 54.6 Å². The summed E-state index contributed by atoms with van der Waals surface area (Å²) in [5.41, 5.74) is 10.1. The summed E-state index contributed by atoms with van der Waals surface area (Å²) in [5.74, 6) is 1.17. The first kappa shape index (κ1) is 32.1. The van der Waals surface area contributed by atoms with Crippen molar-refractivity contribution in [2.75, 3.05) is 0 Å². The van der Waals surface area contributed by atoms with E-state index in [1.807, 2.05) is 36.5 Å². The van der Waals surface area contributed by atoms with E-state index in [0.29, 0.717) is 11.5 Å². The van der Waals surface area contributed by atoms with Crippen LogP contribution in [0.3, 0.4) is 0 Å². The van der Waals surface area contributed by atoms with Crippen molar-refractivity contribution in [1.82, 2.24) is 18.8 Å². The van der Waals surface area contributed by atoms with E-state index < -0.39 is 0 Å². The SMILES string of the molecule is [Pt+2].[c-]1c(Oc2[c-]c3c(cc2)c2ccccc2n2c(-c4ccccc4)c(-c4ccccc4)nc32)ccc2c1c1ncc(-c3ccccc3)n1c1ccccc21. The van der Waals surface area contributed by atoms with Crippen molar-refractivity contribution in [3.8, 4) is 45.3 Å². The molecule has 5 nitrogen and oxygen atoms in total.